The quantitative estimate of drug-likeness (QED) is 0.671. The van der Waals surface area contributed by atoms with Gasteiger partial charge < -0.3 is 20.7 Å². The molecule has 1 aromatic carbocycles. The van der Waals surface area contributed by atoms with Gasteiger partial charge in [0.2, 0.25) is 5.91 Å². The average molecular weight is 362 g/mol. The SMILES string of the molecule is COc1ccc(Nc2nc(C(=O)NCCC(=O)NC(C)C)cs2)cc1. The molecule has 0 saturated heterocycles. The molecule has 0 saturated carbocycles. The maximum atomic E-state index is 12.1. The molecule has 0 bridgehead atoms. The smallest absolute Gasteiger partial charge is 0.270 e. The minimum absolute atomic E-state index is 0.0876. The highest BCUT2D eigenvalue weighted by Crippen LogP contribution is 2.22. The van der Waals surface area contributed by atoms with E-state index in [0.29, 0.717) is 10.8 Å². The first-order valence-electron chi connectivity index (χ1n) is 7.92. The van der Waals surface area contributed by atoms with E-state index in [1.54, 1.807) is 12.5 Å². The van der Waals surface area contributed by atoms with E-state index in [2.05, 4.69) is 20.9 Å². The van der Waals surface area contributed by atoms with Crippen molar-refractivity contribution in [3.63, 3.8) is 0 Å². The lowest BCUT2D eigenvalue weighted by Gasteiger charge is -2.08. The van der Waals surface area contributed by atoms with Crippen LogP contribution in [0.15, 0.2) is 29.6 Å². The van der Waals surface area contributed by atoms with Crippen molar-refractivity contribution in [2.24, 2.45) is 0 Å². The maximum absolute atomic E-state index is 12.1. The highest BCUT2D eigenvalue weighted by atomic mass is 32.1. The fourth-order valence-electron chi connectivity index (χ4n) is 2.01. The van der Waals surface area contributed by atoms with Crippen molar-refractivity contribution in [1.82, 2.24) is 15.6 Å². The molecule has 0 atom stereocenters. The Morgan fingerprint density at radius 1 is 1.24 bits per heavy atom. The van der Waals surface area contributed by atoms with Gasteiger partial charge >= 0.3 is 0 Å². The van der Waals surface area contributed by atoms with E-state index in [0.717, 1.165) is 11.4 Å². The number of thiazole rings is 1. The highest BCUT2D eigenvalue weighted by Gasteiger charge is 2.11. The van der Waals surface area contributed by atoms with Crippen molar-refractivity contribution in [3.8, 4) is 5.75 Å². The van der Waals surface area contributed by atoms with E-state index in [1.807, 2.05) is 38.1 Å². The van der Waals surface area contributed by atoms with Crippen LogP contribution in [-0.2, 0) is 4.79 Å². The van der Waals surface area contributed by atoms with Crippen LogP contribution in [0.25, 0.3) is 0 Å². The summed E-state index contributed by atoms with van der Waals surface area (Å²) < 4.78 is 5.11. The second kappa shape index (κ2) is 9.03. The predicted molar refractivity (Wildman–Crippen MR) is 98.6 cm³/mol. The van der Waals surface area contributed by atoms with Gasteiger partial charge in [-0.25, -0.2) is 4.98 Å². The van der Waals surface area contributed by atoms with Crippen LogP contribution >= 0.6 is 11.3 Å². The van der Waals surface area contributed by atoms with E-state index >= 15 is 0 Å². The molecule has 0 unspecified atom stereocenters. The molecule has 2 rings (SSSR count). The molecule has 0 spiro atoms. The van der Waals surface area contributed by atoms with Crippen LogP contribution < -0.4 is 20.7 Å². The third-order valence-electron chi connectivity index (χ3n) is 3.17. The Bertz CT molecular complexity index is 713. The number of rotatable bonds is 8. The summed E-state index contributed by atoms with van der Waals surface area (Å²) in [7, 11) is 1.61. The van der Waals surface area contributed by atoms with Crippen LogP contribution in [-0.4, -0.2) is 36.5 Å². The molecule has 7 nitrogen and oxygen atoms in total. The number of carbonyl (C=O) groups excluding carboxylic acids is 2. The average Bonchev–Trinajstić information content (AvgIpc) is 3.03. The zero-order valence-electron chi connectivity index (χ0n) is 14.5. The Balaban J connectivity index is 1.83. The fourth-order valence-corrected chi connectivity index (χ4v) is 2.72. The van der Waals surface area contributed by atoms with E-state index in [9.17, 15) is 9.59 Å². The first-order valence-corrected chi connectivity index (χ1v) is 8.80. The Kier molecular flexibility index (Phi) is 6.76. The number of hydrogen-bond donors (Lipinski definition) is 3. The summed E-state index contributed by atoms with van der Waals surface area (Å²) in [6.45, 7) is 4.06. The molecular weight excluding hydrogens is 340 g/mol. The number of amides is 2. The lowest BCUT2D eigenvalue weighted by Crippen LogP contribution is -2.34. The second-order valence-corrected chi connectivity index (χ2v) is 6.48. The minimum Gasteiger partial charge on any atom is -0.497 e. The Labute approximate surface area is 150 Å². The van der Waals surface area contributed by atoms with Crippen LogP contribution in [0.3, 0.4) is 0 Å². The van der Waals surface area contributed by atoms with Crippen LogP contribution in [0, 0.1) is 0 Å². The van der Waals surface area contributed by atoms with Gasteiger partial charge in [-0.1, -0.05) is 0 Å². The van der Waals surface area contributed by atoms with Crippen molar-refractivity contribution >= 4 is 34.0 Å². The van der Waals surface area contributed by atoms with E-state index in [-0.39, 0.29) is 30.8 Å². The number of hydrogen-bond acceptors (Lipinski definition) is 6. The van der Waals surface area contributed by atoms with E-state index in [1.165, 1.54) is 11.3 Å². The van der Waals surface area contributed by atoms with Gasteiger partial charge in [0.1, 0.15) is 11.4 Å². The molecule has 0 fully saturated rings. The van der Waals surface area contributed by atoms with Crippen LogP contribution in [0.4, 0.5) is 10.8 Å². The first-order chi connectivity index (χ1) is 12.0. The van der Waals surface area contributed by atoms with Gasteiger partial charge in [0.25, 0.3) is 5.91 Å². The second-order valence-electron chi connectivity index (χ2n) is 5.62. The molecule has 0 radical (unpaired) electrons. The monoisotopic (exact) mass is 362 g/mol. The molecule has 134 valence electrons. The summed E-state index contributed by atoms with van der Waals surface area (Å²) in [4.78, 5) is 27.8. The maximum Gasteiger partial charge on any atom is 0.270 e. The molecule has 8 heteroatoms. The number of aromatic nitrogens is 1. The number of carbonyl (C=O) groups is 2. The lowest BCUT2D eigenvalue weighted by atomic mass is 10.3. The Morgan fingerprint density at radius 2 is 1.96 bits per heavy atom. The topological polar surface area (TPSA) is 92.3 Å². The molecule has 2 aromatic rings. The largest absolute Gasteiger partial charge is 0.497 e. The number of nitrogens with one attached hydrogen (secondary N) is 3. The van der Waals surface area contributed by atoms with Crippen LogP contribution in [0.5, 0.6) is 5.75 Å². The summed E-state index contributed by atoms with van der Waals surface area (Å²) in [6.07, 6.45) is 0.241. The summed E-state index contributed by atoms with van der Waals surface area (Å²) in [5.74, 6) is 0.387. The van der Waals surface area contributed by atoms with Crippen LogP contribution in [0.2, 0.25) is 0 Å². The van der Waals surface area contributed by atoms with Crippen molar-refractivity contribution in [2.75, 3.05) is 19.0 Å². The molecule has 3 N–H and O–H groups in total. The van der Waals surface area contributed by atoms with Crippen molar-refractivity contribution < 1.29 is 14.3 Å². The standard InChI is InChI=1S/C17H22N4O3S/c1-11(2)19-15(22)8-9-18-16(23)14-10-25-17(21-14)20-12-4-6-13(24-3)7-5-12/h4-7,10-11H,8-9H2,1-3H3,(H,18,23)(H,19,22)(H,20,21). The van der Waals surface area contributed by atoms with Crippen molar-refractivity contribution in [1.29, 1.82) is 0 Å². The summed E-state index contributed by atoms with van der Waals surface area (Å²) in [5.41, 5.74) is 1.18. The molecule has 0 aliphatic rings. The van der Waals surface area contributed by atoms with Crippen LogP contribution in [0.1, 0.15) is 30.8 Å². The van der Waals surface area contributed by atoms with Gasteiger partial charge in [0.05, 0.1) is 7.11 Å². The molecular formula is C17H22N4O3S. The molecule has 1 heterocycles. The van der Waals surface area contributed by atoms with Gasteiger partial charge in [0, 0.05) is 30.1 Å². The minimum atomic E-state index is -0.295. The fraction of sp³-hybridized carbons (Fsp3) is 0.353. The Hall–Kier alpha value is -2.61. The summed E-state index contributed by atoms with van der Waals surface area (Å²) in [6, 6.07) is 7.51. The molecule has 0 aliphatic heterocycles. The number of methoxy groups -OCH3 is 1. The van der Waals surface area contributed by atoms with Crippen molar-refractivity contribution in [3.05, 3.63) is 35.3 Å². The zero-order valence-corrected chi connectivity index (χ0v) is 15.3. The predicted octanol–water partition coefficient (Wildman–Crippen LogP) is 2.54. The van der Waals surface area contributed by atoms with Crippen molar-refractivity contribution in [2.45, 2.75) is 26.3 Å². The van der Waals surface area contributed by atoms with Gasteiger partial charge in [-0.05, 0) is 38.1 Å². The lowest BCUT2D eigenvalue weighted by molar-refractivity contribution is -0.121. The first kappa shape index (κ1) is 18.7. The van der Waals surface area contributed by atoms with Gasteiger partial charge in [-0.2, -0.15) is 0 Å². The number of nitrogens with zero attached hydrogens (tertiary/aromatic N) is 1. The number of anilines is 2. The summed E-state index contributed by atoms with van der Waals surface area (Å²) in [5, 5.41) is 10.9. The molecule has 1 aromatic heterocycles. The highest BCUT2D eigenvalue weighted by molar-refractivity contribution is 7.14. The van der Waals surface area contributed by atoms with Gasteiger partial charge in [-0.15, -0.1) is 11.3 Å². The number of ether oxygens (including phenoxy) is 1. The van der Waals surface area contributed by atoms with Gasteiger partial charge in [-0.3, -0.25) is 9.59 Å². The van der Waals surface area contributed by atoms with E-state index < -0.39 is 0 Å². The molecule has 0 aliphatic carbocycles. The molecule has 2 amide bonds. The third kappa shape index (κ3) is 6.07. The zero-order chi connectivity index (χ0) is 18.2. The van der Waals surface area contributed by atoms with E-state index in [4.69, 9.17) is 4.74 Å². The summed E-state index contributed by atoms with van der Waals surface area (Å²) >= 11 is 1.34. The third-order valence-corrected chi connectivity index (χ3v) is 3.92. The number of benzene rings is 1. The Morgan fingerprint density at radius 3 is 2.60 bits per heavy atom. The van der Waals surface area contributed by atoms with Gasteiger partial charge in [0.15, 0.2) is 5.13 Å². The molecule has 25 heavy (non-hydrogen) atoms. The normalized spacial score (nSPS) is 10.4.